The Morgan fingerprint density at radius 1 is 1.59 bits per heavy atom. The number of halogens is 2. The van der Waals surface area contributed by atoms with Crippen LogP contribution in [0.2, 0.25) is 0 Å². The molecule has 3 nitrogen and oxygen atoms in total. The quantitative estimate of drug-likeness (QED) is 0.850. The van der Waals surface area contributed by atoms with Crippen LogP contribution in [0.15, 0.2) is 22.7 Å². The van der Waals surface area contributed by atoms with Gasteiger partial charge in [0.2, 0.25) is 0 Å². The normalized spacial score (nSPS) is 12.2. The standard InChI is InChI=1S/C12H15BrFNO2/c1-3-17-12(16)8(2)15-7-9-6-10(13)4-5-11(9)14/h4-6,8,15H,3,7H2,1-2H3. The van der Waals surface area contributed by atoms with E-state index in [9.17, 15) is 9.18 Å². The van der Waals surface area contributed by atoms with Crippen molar-refractivity contribution < 1.29 is 13.9 Å². The van der Waals surface area contributed by atoms with E-state index in [1.54, 1.807) is 26.0 Å². The molecule has 1 rings (SSSR count). The molecule has 0 saturated heterocycles. The summed E-state index contributed by atoms with van der Waals surface area (Å²) in [4.78, 5) is 11.3. The fraction of sp³-hybridized carbons (Fsp3) is 0.417. The summed E-state index contributed by atoms with van der Waals surface area (Å²) in [6.45, 7) is 4.06. The smallest absolute Gasteiger partial charge is 0.322 e. The minimum Gasteiger partial charge on any atom is -0.465 e. The second kappa shape index (κ2) is 6.71. The van der Waals surface area contributed by atoms with Gasteiger partial charge < -0.3 is 10.1 Å². The zero-order valence-corrected chi connectivity index (χ0v) is 11.4. The van der Waals surface area contributed by atoms with Gasteiger partial charge >= 0.3 is 5.97 Å². The van der Waals surface area contributed by atoms with Crippen molar-refractivity contribution in [3.8, 4) is 0 Å². The van der Waals surface area contributed by atoms with Gasteiger partial charge in [0.25, 0.3) is 0 Å². The molecule has 1 N–H and O–H groups in total. The Kier molecular flexibility index (Phi) is 5.58. The van der Waals surface area contributed by atoms with Crippen molar-refractivity contribution in [2.24, 2.45) is 0 Å². The van der Waals surface area contributed by atoms with Crippen molar-refractivity contribution >= 4 is 21.9 Å². The lowest BCUT2D eigenvalue weighted by Gasteiger charge is -2.13. The molecule has 0 aliphatic carbocycles. The summed E-state index contributed by atoms with van der Waals surface area (Å²) in [7, 11) is 0. The first-order valence-electron chi connectivity index (χ1n) is 5.38. The van der Waals surface area contributed by atoms with Crippen LogP contribution in [-0.4, -0.2) is 18.6 Å². The Balaban J connectivity index is 2.55. The Morgan fingerprint density at radius 2 is 2.29 bits per heavy atom. The maximum atomic E-state index is 13.4. The zero-order valence-electron chi connectivity index (χ0n) is 9.80. The summed E-state index contributed by atoms with van der Waals surface area (Å²) >= 11 is 3.27. The van der Waals surface area contributed by atoms with Crippen molar-refractivity contribution in [1.29, 1.82) is 0 Å². The van der Waals surface area contributed by atoms with E-state index in [-0.39, 0.29) is 18.3 Å². The lowest BCUT2D eigenvalue weighted by Crippen LogP contribution is -2.35. The van der Waals surface area contributed by atoms with Gasteiger partial charge in [-0.15, -0.1) is 0 Å². The van der Waals surface area contributed by atoms with Crippen LogP contribution >= 0.6 is 15.9 Å². The van der Waals surface area contributed by atoms with E-state index in [0.717, 1.165) is 4.47 Å². The van der Waals surface area contributed by atoms with Crippen LogP contribution in [0, 0.1) is 5.82 Å². The highest BCUT2D eigenvalue weighted by Crippen LogP contribution is 2.15. The van der Waals surface area contributed by atoms with E-state index in [2.05, 4.69) is 21.2 Å². The molecule has 1 aromatic carbocycles. The molecule has 1 aromatic rings. The topological polar surface area (TPSA) is 38.3 Å². The number of benzene rings is 1. The molecule has 94 valence electrons. The van der Waals surface area contributed by atoms with Crippen molar-refractivity contribution in [1.82, 2.24) is 5.32 Å². The number of carbonyl (C=O) groups is 1. The fourth-order valence-electron chi connectivity index (χ4n) is 1.29. The highest BCUT2D eigenvalue weighted by molar-refractivity contribution is 9.10. The highest BCUT2D eigenvalue weighted by atomic mass is 79.9. The molecule has 0 aliphatic heterocycles. The SMILES string of the molecule is CCOC(=O)C(C)NCc1cc(Br)ccc1F. The second-order valence-electron chi connectivity index (χ2n) is 3.59. The number of rotatable bonds is 5. The number of ether oxygens (including phenoxy) is 1. The van der Waals surface area contributed by atoms with Gasteiger partial charge in [-0.25, -0.2) is 4.39 Å². The van der Waals surface area contributed by atoms with E-state index >= 15 is 0 Å². The number of hydrogen-bond acceptors (Lipinski definition) is 3. The molecule has 0 radical (unpaired) electrons. The maximum Gasteiger partial charge on any atom is 0.322 e. The van der Waals surface area contributed by atoms with Crippen molar-refractivity contribution in [2.75, 3.05) is 6.61 Å². The lowest BCUT2D eigenvalue weighted by molar-refractivity contribution is -0.145. The first-order valence-corrected chi connectivity index (χ1v) is 6.17. The molecule has 0 bridgehead atoms. The highest BCUT2D eigenvalue weighted by Gasteiger charge is 2.13. The largest absolute Gasteiger partial charge is 0.465 e. The number of nitrogens with one attached hydrogen (secondary N) is 1. The van der Waals surface area contributed by atoms with Crippen LogP contribution in [0.5, 0.6) is 0 Å². The third kappa shape index (κ3) is 4.44. The molecule has 0 aromatic heterocycles. The summed E-state index contributed by atoms with van der Waals surface area (Å²) in [5, 5.41) is 2.92. The van der Waals surface area contributed by atoms with Crippen molar-refractivity contribution in [2.45, 2.75) is 26.4 Å². The van der Waals surface area contributed by atoms with Gasteiger partial charge in [-0.05, 0) is 32.0 Å². The summed E-state index contributed by atoms with van der Waals surface area (Å²) in [5.74, 6) is -0.625. The van der Waals surface area contributed by atoms with Crippen LogP contribution in [-0.2, 0) is 16.1 Å². The molecule has 0 spiro atoms. The molecule has 1 unspecified atom stereocenters. The summed E-state index contributed by atoms with van der Waals surface area (Å²) in [6.07, 6.45) is 0. The van der Waals surface area contributed by atoms with Gasteiger partial charge in [0.05, 0.1) is 6.61 Å². The van der Waals surface area contributed by atoms with E-state index in [4.69, 9.17) is 4.74 Å². The van der Waals surface area contributed by atoms with Crippen molar-refractivity contribution in [3.63, 3.8) is 0 Å². The molecule has 0 saturated carbocycles. The van der Waals surface area contributed by atoms with Crippen LogP contribution in [0.3, 0.4) is 0 Å². The van der Waals surface area contributed by atoms with Gasteiger partial charge in [-0.3, -0.25) is 4.79 Å². The Morgan fingerprint density at radius 3 is 2.94 bits per heavy atom. The third-order valence-electron chi connectivity index (χ3n) is 2.25. The van der Waals surface area contributed by atoms with E-state index in [0.29, 0.717) is 12.2 Å². The van der Waals surface area contributed by atoms with E-state index < -0.39 is 6.04 Å². The lowest BCUT2D eigenvalue weighted by atomic mass is 10.2. The van der Waals surface area contributed by atoms with Gasteiger partial charge in [0.15, 0.2) is 0 Å². The molecule has 17 heavy (non-hydrogen) atoms. The van der Waals surface area contributed by atoms with Gasteiger partial charge in [-0.1, -0.05) is 15.9 Å². The van der Waals surface area contributed by atoms with Gasteiger partial charge in [-0.2, -0.15) is 0 Å². The Bertz CT molecular complexity index is 398. The fourth-order valence-corrected chi connectivity index (χ4v) is 1.70. The number of carbonyl (C=O) groups excluding carboxylic acids is 1. The number of esters is 1. The zero-order chi connectivity index (χ0) is 12.8. The Labute approximate surface area is 108 Å². The third-order valence-corrected chi connectivity index (χ3v) is 2.74. The number of hydrogen-bond donors (Lipinski definition) is 1. The molecular formula is C12H15BrFNO2. The minimum absolute atomic E-state index is 0.283. The molecule has 0 heterocycles. The summed E-state index contributed by atoms with van der Waals surface area (Å²) < 4.78 is 19.0. The Hall–Kier alpha value is -0.940. The van der Waals surface area contributed by atoms with Crippen LogP contribution in [0.25, 0.3) is 0 Å². The predicted octanol–water partition coefficient (Wildman–Crippen LogP) is 2.63. The van der Waals surface area contributed by atoms with Crippen molar-refractivity contribution in [3.05, 3.63) is 34.1 Å². The van der Waals surface area contributed by atoms with Gasteiger partial charge in [0, 0.05) is 16.6 Å². The minimum atomic E-state index is -0.451. The second-order valence-corrected chi connectivity index (χ2v) is 4.51. The monoisotopic (exact) mass is 303 g/mol. The van der Waals surface area contributed by atoms with Crippen LogP contribution in [0.1, 0.15) is 19.4 Å². The van der Waals surface area contributed by atoms with E-state index in [1.165, 1.54) is 6.07 Å². The van der Waals surface area contributed by atoms with Gasteiger partial charge in [0.1, 0.15) is 11.9 Å². The van der Waals surface area contributed by atoms with Crippen LogP contribution < -0.4 is 5.32 Å². The summed E-state index contributed by atoms with van der Waals surface area (Å²) in [5.41, 5.74) is 0.510. The first kappa shape index (κ1) is 14.1. The molecule has 0 aliphatic rings. The summed E-state index contributed by atoms with van der Waals surface area (Å²) in [6, 6.07) is 4.25. The van der Waals surface area contributed by atoms with E-state index in [1.807, 2.05) is 0 Å². The molecule has 0 amide bonds. The molecule has 0 fully saturated rings. The first-order chi connectivity index (χ1) is 8.04. The predicted molar refractivity (Wildman–Crippen MR) is 67.0 cm³/mol. The maximum absolute atomic E-state index is 13.4. The molecular weight excluding hydrogens is 289 g/mol. The average Bonchev–Trinajstić information content (AvgIpc) is 2.30. The average molecular weight is 304 g/mol. The van der Waals surface area contributed by atoms with Crippen LogP contribution in [0.4, 0.5) is 4.39 Å². The molecule has 1 atom stereocenters. The molecule has 5 heteroatoms.